The largest absolute Gasteiger partial charge is 0.380 e. The van der Waals surface area contributed by atoms with E-state index in [1.165, 1.54) is 12.3 Å². The van der Waals surface area contributed by atoms with Gasteiger partial charge in [-0.2, -0.15) is 0 Å². The minimum absolute atomic E-state index is 0.130. The first-order valence-electron chi connectivity index (χ1n) is 7.69. The fourth-order valence-electron chi connectivity index (χ4n) is 2.44. The third kappa shape index (κ3) is 6.50. The Morgan fingerprint density at radius 3 is 2.71 bits per heavy atom. The summed E-state index contributed by atoms with van der Waals surface area (Å²) in [5.41, 5.74) is 0.893. The summed E-state index contributed by atoms with van der Waals surface area (Å²) in [6.07, 6.45) is 1.28. The molecule has 21 heavy (non-hydrogen) atoms. The molecule has 4 nitrogen and oxygen atoms in total. The molecule has 0 saturated carbocycles. The number of nitrogens with zero attached hydrogens (tertiary/aromatic N) is 2. The molecule has 0 saturated heterocycles. The van der Waals surface area contributed by atoms with Crippen LogP contribution in [-0.4, -0.2) is 49.8 Å². The van der Waals surface area contributed by atoms with Gasteiger partial charge in [0.15, 0.2) is 0 Å². The predicted octanol–water partition coefficient (Wildman–Crippen LogP) is 2.48. The second kappa shape index (κ2) is 9.82. The van der Waals surface area contributed by atoms with Crippen LogP contribution in [-0.2, 0) is 4.74 Å². The first-order valence-corrected chi connectivity index (χ1v) is 7.69. The first-order chi connectivity index (χ1) is 10.1. The average molecular weight is 297 g/mol. The summed E-state index contributed by atoms with van der Waals surface area (Å²) >= 11 is 0. The van der Waals surface area contributed by atoms with E-state index in [2.05, 4.69) is 36.1 Å². The van der Waals surface area contributed by atoms with E-state index in [1.807, 2.05) is 6.92 Å². The Labute approximate surface area is 127 Å². The number of hydrogen-bond donors (Lipinski definition) is 1. The number of ether oxygens (including phenoxy) is 1. The highest BCUT2D eigenvalue weighted by Crippen LogP contribution is 2.21. The van der Waals surface area contributed by atoms with Gasteiger partial charge in [0.1, 0.15) is 5.82 Å². The minimum atomic E-state index is -0.296. The van der Waals surface area contributed by atoms with Crippen LogP contribution in [0, 0.1) is 11.7 Å². The molecule has 1 aromatic heterocycles. The average Bonchev–Trinajstić information content (AvgIpc) is 2.46. The summed E-state index contributed by atoms with van der Waals surface area (Å²) in [7, 11) is 2.09. The molecule has 2 atom stereocenters. The van der Waals surface area contributed by atoms with Crippen molar-refractivity contribution in [1.29, 1.82) is 0 Å². The van der Waals surface area contributed by atoms with E-state index in [-0.39, 0.29) is 11.9 Å². The number of likely N-dealkylation sites (N-methyl/N-ethyl adjacent to an activating group) is 1. The van der Waals surface area contributed by atoms with Gasteiger partial charge in [0, 0.05) is 19.7 Å². The lowest BCUT2D eigenvalue weighted by atomic mass is 9.97. The van der Waals surface area contributed by atoms with Crippen molar-refractivity contribution in [3.63, 3.8) is 0 Å². The molecule has 1 rings (SSSR count). The normalized spacial score (nSPS) is 14.4. The molecule has 0 radical (unpaired) electrons. The molecule has 0 aliphatic rings. The standard InChI is InChI=1S/C16H28FN3O/c1-5-18-16(15-8-7-14(17)11-19-15)13(3)12-20(4)9-10-21-6-2/h7-8,11,13,16,18H,5-6,9-10,12H2,1-4H3. The van der Waals surface area contributed by atoms with Crippen molar-refractivity contribution in [3.8, 4) is 0 Å². The predicted molar refractivity (Wildman–Crippen MR) is 83.8 cm³/mol. The molecule has 0 amide bonds. The first kappa shape index (κ1) is 18.0. The molecule has 0 spiro atoms. The fourth-order valence-corrected chi connectivity index (χ4v) is 2.44. The van der Waals surface area contributed by atoms with Crippen molar-refractivity contribution < 1.29 is 9.13 Å². The molecule has 2 unspecified atom stereocenters. The van der Waals surface area contributed by atoms with Crippen molar-refractivity contribution in [2.24, 2.45) is 5.92 Å². The van der Waals surface area contributed by atoms with E-state index in [0.717, 1.165) is 38.5 Å². The molecular formula is C16H28FN3O. The lowest BCUT2D eigenvalue weighted by Gasteiger charge is -2.28. The monoisotopic (exact) mass is 297 g/mol. The van der Waals surface area contributed by atoms with Crippen LogP contribution in [0.5, 0.6) is 0 Å². The molecule has 0 fully saturated rings. The Kier molecular flexibility index (Phi) is 8.42. The van der Waals surface area contributed by atoms with Crippen LogP contribution in [0.25, 0.3) is 0 Å². The van der Waals surface area contributed by atoms with E-state index in [0.29, 0.717) is 5.92 Å². The van der Waals surface area contributed by atoms with E-state index in [4.69, 9.17) is 4.74 Å². The Balaban J connectivity index is 2.60. The van der Waals surface area contributed by atoms with Crippen LogP contribution in [0.15, 0.2) is 18.3 Å². The van der Waals surface area contributed by atoms with Crippen LogP contribution in [0.2, 0.25) is 0 Å². The van der Waals surface area contributed by atoms with E-state index < -0.39 is 0 Å². The number of hydrogen-bond acceptors (Lipinski definition) is 4. The Morgan fingerprint density at radius 2 is 2.14 bits per heavy atom. The summed E-state index contributed by atoms with van der Waals surface area (Å²) < 4.78 is 18.4. The molecule has 120 valence electrons. The van der Waals surface area contributed by atoms with Gasteiger partial charge in [-0.25, -0.2) is 4.39 Å². The maximum Gasteiger partial charge on any atom is 0.141 e. The van der Waals surface area contributed by atoms with Crippen LogP contribution in [0.4, 0.5) is 4.39 Å². The molecule has 5 heteroatoms. The number of rotatable bonds is 10. The van der Waals surface area contributed by atoms with Gasteiger partial charge >= 0.3 is 0 Å². The van der Waals surface area contributed by atoms with Gasteiger partial charge in [-0.15, -0.1) is 0 Å². The number of aromatic nitrogens is 1. The molecule has 1 aromatic rings. The SMILES string of the molecule is CCNC(c1ccc(F)cn1)C(C)CN(C)CCOCC. The molecule has 0 aromatic carbocycles. The third-order valence-corrected chi connectivity index (χ3v) is 3.48. The second-order valence-corrected chi connectivity index (χ2v) is 5.37. The van der Waals surface area contributed by atoms with Crippen molar-refractivity contribution in [2.75, 3.05) is 39.9 Å². The highest BCUT2D eigenvalue weighted by atomic mass is 19.1. The molecule has 0 aliphatic heterocycles. The van der Waals surface area contributed by atoms with Gasteiger partial charge in [0.05, 0.1) is 24.5 Å². The summed E-state index contributed by atoms with van der Waals surface area (Å²) in [6.45, 7) is 10.5. The number of nitrogens with one attached hydrogen (secondary N) is 1. The zero-order valence-electron chi connectivity index (χ0n) is 13.6. The summed E-state index contributed by atoms with van der Waals surface area (Å²) in [4.78, 5) is 6.48. The fraction of sp³-hybridized carbons (Fsp3) is 0.688. The van der Waals surface area contributed by atoms with Crippen molar-refractivity contribution in [2.45, 2.75) is 26.8 Å². The lowest BCUT2D eigenvalue weighted by molar-refractivity contribution is 0.114. The van der Waals surface area contributed by atoms with Gasteiger partial charge in [0.25, 0.3) is 0 Å². The number of halogens is 1. The van der Waals surface area contributed by atoms with E-state index in [9.17, 15) is 4.39 Å². The highest BCUT2D eigenvalue weighted by molar-refractivity contribution is 5.11. The van der Waals surface area contributed by atoms with Gasteiger partial charge < -0.3 is 15.0 Å². The van der Waals surface area contributed by atoms with Crippen LogP contribution < -0.4 is 5.32 Å². The lowest BCUT2D eigenvalue weighted by Crippen LogP contribution is -2.36. The molecule has 1 N–H and O–H groups in total. The molecular weight excluding hydrogens is 269 g/mol. The zero-order valence-corrected chi connectivity index (χ0v) is 13.6. The zero-order chi connectivity index (χ0) is 15.7. The topological polar surface area (TPSA) is 37.4 Å². The maximum atomic E-state index is 13.0. The Morgan fingerprint density at radius 1 is 1.38 bits per heavy atom. The summed E-state index contributed by atoms with van der Waals surface area (Å²) in [6, 6.07) is 3.36. The van der Waals surface area contributed by atoms with Gasteiger partial charge in [-0.1, -0.05) is 13.8 Å². The van der Waals surface area contributed by atoms with Gasteiger partial charge in [-0.3, -0.25) is 4.98 Å². The van der Waals surface area contributed by atoms with Crippen LogP contribution in [0.1, 0.15) is 32.5 Å². The smallest absolute Gasteiger partial charge is 0.141 e. The van der Waals surface area contributed by atoms with Gasteiger partial charge in [-0.05, 0) is 38.6 Å². The van der Waals surface area contributed by atoms with E-state index >= 15 is 0 Å². The number of pyridine rings is 1. The van der Waals surface area contributed by atoms with Crippen LogP contribution in [0.3, 0.4) is 0 Å². The molecule has 1 heterocycles. The van der Waals surface area contributed by atoms with Gasteiger partial charge in [0.2, 0.25) is 0 Å². The Bertz CT molecular complexity index is 386. The molecule has 0 aliphatic carbocycles. The second-order valence-electron chi connectivity index (χ2n) is 5.37. The summed E-state index contributed by atoms with van der Waals surface area (Å²) in [5.74, 6) is 0.0741. The summed E-state index contributed by atoms with van der Waals surface area (Å²) in [5, 5.41) is 3.45. The maximum absolute atomic E-state index is 13.0. The minimum Gasteiger partial charge on any atom is -0.380 e. The van der Waals surface area contributed by atoms with Crippen molar-refractivity contribution in [3.05, 3.63) is 29.8 Å². The van der Waals surface area contributed by atoms with Crippen molar-refractivity contribution in [1.82, 2.24) is 15.2 Å². The molecule has 0 bridgehead atoms. The van der Waals surface area contributed by atoms with E-state index in [1.54, 1.807) is 6.07 Å². The van der Waals surface area contributed by atoms with Crippen molar-refractivity contribution >= 4 is 0 Å². The Hall–Kier alpha value is -1.04. The highest BCUT2D eigenvalue weighted by Gasteiger charge is 2.21. The van der Waals surface area contributed by atoms with Crippen LogP contribution >= 0.6 is 0 Å². The quantitative estimate of drug-likeness (QED) is 0.673. The third-order valence-electron chi connectivity index (χ3n) is 3.48.